The van der Waals surface area contributed by atoms with Gasteiger partial charge in [-0.2, -0.15) is 0 Å². The van der Waals surface area contributed by atoms with Crippen LogP contribution in [-0.4, -0.2) is 57.3 Å². The molecular formula is C13H21N3O3S2. The van der Waals surface area contributed by atoms with Crippen LogP contribution in [0.1, 0.15) is 23.0 Å². The number of hydrogen-bond acceptors (Lipinski definition) is 5. The van der Waals surface area contributed by atoms with Crippen LogP contribution < -0.4 is 5.73 Å². The van der Waals surface area contributed by atoms with E-state index in [0.717, 1.165) is 10.7 Å². The first-order chi connectivity index (χ1) is 9.71. The van der Waals surface area contributed by atoms with Crippen LogP contribution in [0.25, 0.3) is 0 Å². The summed E-state index contributed by atoms with van der Waals surface area (Å²) in [4.78, 5) is 14.7. The van der Waals surface area contributed by atoms with E-state index in [2.05, 4.69) is 0 Å². The normalized spacial score (nSPS) is 23.0. The quantitative estimate of drug-likeness (QED) is 0.885. The number of hydrogen-bond donors (Lipinski definition) is 1. The number of carbonyl (C=O) groups is 1. The summed E-state index contributed by atoms with van der Waals surface area (Å²) in [5.74, 6) is -0.220. The van der Waals surface area contributed by atoms with E-state index in [9.17, 15) is 13.2 Å². The molecule has 1 aromatic rings. The first-order valence-corrected chi connectivity index (χ1v) is 9.03. The second-order valence-electron chi connectivity index (χ2n) is 5.89. The highest BCUT2D eigenvalue weighted by Gasteiger charge is 2.37. The summed E-state index contributed by atoms with van der Waals surface area (Å²) in [6, 6.07) is 1.49. The van der Waals surface area contributed by atoms with Gasteiger partial charge in [-0.05, 0) is 29.8 Å². The third kappa shape index (κ3) is 2.98. The summed E-state index contributed by atoms with van der Waals surface area (Å²) < 4.78 is 25.6. The van der Waals surface area contributed by atoms with Crippen molar-refractivity contribution in [1.29, 1.82) is 0 Å². The van der Waals surface area contributed by atoms with Gasteiger partial charge in [0.1, 0.15) is 9.77 Å². The predicted molar refractivity (Wildman–Crippen MR) is 82.9 cm³/mol. The highest BCUT2D eigenvalue weighted by Crippen LogP contribution is 2.32. The largest absolute Gasteiger partial charge is 0.337 e. The molecule has 2 rings (SSSR count). The number of rotatable bonds is 4. The van der Waals surface area contributed by atoms with Crippen LogP contribution >= 0.6 is 11.3 Å². The third-order valence-electron chi connectivity index (χ3n) is 3.92. The number of thiophene rings is 1. The van der Waals surface area contributed by atoms with Gasteiger partial charge in [0.2, 0.25) is 10.0 Å². The Labute approximate surface area is 129 Å². The maximum absolute atomic E-state index is 12.6. The smallest absolute Gasteiger partial charge is 0.265 e. The van der Waals surface area contributed by atoms with Crippen LogP contribution in [0.3, 0.4) is 0 Å². The molecule has 1 aromatic heterocycles. The molecule has 1 aliphatic heterocycles. The minimum atomic E-state index is -3.60. The summed E-state index contributed by atoms with van der Waals surface area (Å²) in [6.45, 7) is 3.75. The lowest BCUT2D eigenvalue weighted by Gasteiger charge is -2.22. The molecule has 0 bridgehead atoms. The van der Waals surface area contributed by atoms with Crippen LogP contribution in [0, 0.1) is 5.41 Å². The molecule has 6 nitrogen and oxygen atoms in total. The number of amides is 1. The monoisotopic (exact) mass is 331 g/mol. The topological polar surface area (TPSA) is 83.7 Å². The van der Waals surface area contributed by atoms with Crippen LogP contribution in [0.5, 0.6) is 0 Å². The highest BCUT2D eigenvalue weighted by molar-refractivity contribution is 7.89. The minimum absolute atomic E-state index is 0.0759. The number of sulfonamides is 1. The van der Waals surface area contributed by atoms with Crippen molar-refractivity contribution in [2.45, 2.75) is 18.2 Å². The Hall–Kier alpha value is -0.960. The van der Waals surface area contributed by atoms with Gasteiger partial charge in [0.15, 0.2) is 0 Å². The average molecular weight is 331 g/mol. The molecule has 21 heavy (non-hydrogen) atoms. The molecule has 8 heteroatoms. The Morgan fingerprint density at radius 1 is 1.52 bits per heavy atom. The van der Waals surface area contributed by atoms with E-state index in [1.165, 1.54) is 31.5 Å². The SMILES string of the molecule is CN(C)S(=O)(=O)c1ccsc1C(=O)N1CCC(C)(CN)C1. The lowest BCUT2D eigenvalue weighted by atomic mass is 9.90. The standard InChI is InChI=1S/C13H21N3O3S2/c1-13(8-14)5-6-16(9-13)12(17)11-10(4-7-20-11)21(18,19)15(2)3/h4,7H,5-6,8-9,14H2,1-3H3. The molecule has 0 spiro atoms. The fourth-order valence-corrected chi connectivity index (χ4v) is 4.62. The van der Waals surface area contributed by atoms with Crippen molar-refractivity contribution in [1.82, 2.24) is 9.21 Å². The number of carbonyl (C=O) groups excluding carboxylic acids is 1. The van der Waals surface area contributed by atoms with E-state index in [-0.39, 0.29) is 21.1 Å². The van der Waals surface area contributed by atoms with E-state index < -0.39 is 10.0 Å². The van der Waals surface area contributed by atoms with Crippen molar-refractivity contribution in [3.05, 3.63) is 16.3 Å². The lowest BCUT2D eigenvalue weighted by molar-refractivity contribution is 0.0778. The summed E-state index contributed by atoms with van der Waals surface area (Å²) in [5.41, 5.74) is 5.67. The van der Waals surface area contributed by atoms with Crippen LogP contribution in [0.15, 0.2) is 16.3 Å². The van der Waals surface area contributed by atoms with Crippen LogP contribution in [0.2, 0.25) is 0 Å². The maximum atomic E-state index is 12.6. The zero-order valence-electron chi connectivity index (χ0n) is 12.5. The number of nitrogens with two attached hydrogens (primary N) is 1. The van der Waals surface area contributed by atoms with Crippen molar-refractivity contribution in [2.24, 2.45) is 11.1 Å². The molecule has 2 N–H and O–H groups in total. The van der Waals surface area contributed by atoms with Gasteiger partial charge in [-0.25, -0.2) is 12.7 Å². The van der Waals surface area contributed by atoms with Crippen molar-refractivity contribution >= 4 is 27.3 Å². The molecule has 118 valence electrons. The Morgan fingerprint density at radius 3 is 2.71 bits per heavy atom. The molecule has 1 amide bonds. The van der Waals surface area contributed by atoms with Crippen molar-refractivity contribution in [3.63, 3.8) is 0 Å². The molecular weight excluding hydrogens is 310 g/mol. The molecule has 1 aliphatic rings. The second kappa shape index (κ2) is 5.68. The number of likely N-dealkylation sites (tertiary alicyclic amines) is 1. The lowest BCUT2D eigenvalue weighted by Crippen LogP contribution is -2.35. The molecule has 0 saturated carbocycles. The predicted octanol–water partition coefficient (Wildman–Crippen LogP) is 0.809. The van der Waals surface area contributed by atoms with Crippen molar-refractivity contribution in [2.75, 3.05) is 33.7 Å². The first kappa shape index (κ1) is 16.4. The highest BCUT2D eigenvalue weighted by atomic mass is 32.2. The zero-order valence-corrected chi connectivity index (χ0v) is 14.1. The zero-order chi connectivity index (χ0) is 15.8. The third-order valence-corrected chi connectivity index (χ3v) is 6.81. The second-order valence-corrected chi connectivity index (χ2v) is 8.93. The molecule has 1 fully saturated rings. The van der Waals surface area contributed by atoms with Crippen LogP contribution in [0.4, 0.5) is 0 Å². The van der Waals surface area contributed by atoms with Gasteiger partial charge < -0.3 is 10.6 Å². The van der Waals surface area contributed by atoms with Gasteiger partial charge in [0.05, 0.1) is 0 Å². The summed E-state index contributed by atoms with van der Waals surface area (Å²) in [6.07, 6.45) is 0.844. The van der Waals surface area contributed by atoms with Crippen molar-refractivity contribution in [3.8, 4) is 0 Å². The Kier molecular flexibility index (Phi) is 4.44. The van der Waals surface area contributed by atoms with E-state index in [0.29, 0.717) is 19.6 Å². The molecule has 1 saturated heterocycles. The van der Waals surface area contributed by atoms with E-state index in [4.69, 9.17) is 5.73 Å². The molecule has 0 radical (unpaired) electrons. The maximum Gasteiger partial charge on any atom is 0.265 e. The summed E-state index contributed by atoms with van der Waals surface area (Å²) >= 11 is 1.17. The van der Waals surface area contributed by atoms with E-state index in [1.807, 2.05) is 6.92 Å². The van der Waals surface area contributed by atoms with Gasteiger partial charge in [-0.15, -0.1) is 11.3 Å². The summed E-state index contributed by atoms with van der Waals surface area (Å²) in [5, 5.41) is 1.64. The summed E-state index contributed by atoms with van der Waals surface area (Å²) in [7, 11) is -0.680. The Balaban J connectivity index is 2.29. The molecule has 0 aromatic carbocycles. The van der Waals surface area contributed by atoms with Gasteiger partial charge in [-0.3, -0.25) is 4.79 Å². The van der Waals surface area contributed by atoms with Gasteiger partial charge >= 0.3 is 0 Å². The first-order valence-electron chi connectivity index (χ1n) is 6.71. The minimum Gasteiger partial charge on any atom is -0.337 e. The Bertz CT molecular complexity index is 639. The molecule has 1 unspecified atom stereocenters. The van der Waals surface area contributed by atoms with Gasteiger partial charge in [-0.1, -0.05) is 6.92 Å². The van der Waals surface area contributed by atoms with E-state index >= 15 is 0 Å². The molecule has 0 aliphatic carbocycles. The number of nitrogens with zero attached hydrogens (tertiary/aromatic N) is 2. The van der Waals surface area contributed by atoms with E-state index in [1.54, 1.807) is 10.3 Å². The fourth-order valence-electron chi connectivity index (χ4n) is 2.36. The van der Waals surface area contributed by atoms with Crippen LogP contribution in [-0.2, 0) is 10.0 Å². The average Bonchev–Trinajstić information content (AvgIpc) is 3.05. The Morgan fingerprint density at radius 2 is 2.19 bits per heavy atom. The fraction of sp³-hybridized carbons (Fsp3) is 0.615. The van der Waals surface area contributed by atoms with Gasteiger partial charge in [0.25, 0.3) is 5.91 Å². The van der Waals surface area contributed by atoms with Crippen molar-refractivity contribution < 1.29 is 13.2 Å². The van der Waals surface area contributed by atoms with Gasteiger partial charge in [0, 0.05) is 27.2 Å². The molecule has 1 atom stereocenters. The molecule has 2 heterocycles.